The van der Waals surface area contributed by atoms with Crippen molar-refractivity contribution in [2.24, 2.45) is 13.0 Å². The van der Waals surface area contributed by atoms with Crippen LogP contribution in [0.2, 0.25) is 0 Å². The van der Waals surface area contributed by atoms with Gasteiger partial charge in [-0.1, -0.05) is 19.1 Å². The number of aromatic nitrogens is 5. The zero-order chi connectivity index (χ0) is 22.7. The van der Waals surface area contributed by atoms with Crippen LogP contribution in [0.25, 0.3) is 21.9 Å². The monoisotopic (exact) mass is 443 g/mol. The van der Waals surface area contributed by atoms with Gasteiger partial charge in [0.15, 0.2) is 5.65 Å². The molecule has 0 radical (unpaired) electrons. The second-order valence-electron chi connectivity index (χ2n) is 9.54. The van der Waals surface area contributed by atoms with Crippen molar-refractivity contribution in [3.05, 3.63) is 47.0 Å². The van der Waals surface area contributed by atoms with Crippen molar-refractivity contribution < 1.29 is 4.79 Å². The van der Waals surface area contributed by atoms with Crippen LogP contribution >= 0.6 is 0 Å². The molecule has 1 saturated heterocycles. The maximum atomic E-state index is 13.6. The lowest BCUT2D eigenvalue weighted by atomic mass is 9.87. The molecule has 1 N–H and O–H groups in total. The van der Waals surface area contributed by atoms with E-state index in [0.29, 0.717) is 19.0 Å². The molecule has 170 valence electrons. The van der Waals surface area contributed by atoms with Gasteiger partial charge in [0.05, 0.1) is 22.7 Å². The summed E-state index contributed by atoms with van der Waals surface area (Å²) in [5.41, 5.74) is 5.35. The van der Waals surface area contributed by atoms with Gasteiger partial charge in [-0.15, -0.1) is 0 Å². The SMILES string of the molecule is Cc1nc(N2CCN(C(=O)c3cccc4c5c([nH]c34)CCC(C)C5)CC2)c2cnn(C)c2n1. The Kier molecular flexibility index (Phi) is 4.64. The zero-order valence-corrected chi connectivity index (χ0v) is 19.4. The third-order valence-corrected chi connectivity index (χ3v) is 7.25. The molecule has 0 saturated carbocycles. The molecule has 3 aromatic heterocycles. The number of hydrogen-bond acceptors (Lipinski definition) is 5. The summed E-state index contributed by atoms with van der Waals surface area (Å²) in [4.78, 5) is 30.6. The van der Waals surface area contributed by atoms with Crippen LogP contribution in [0.5, 0.6) is 0 Å². The average Bonchev–Trinajstić information content (AvgIpc) is 3.38. The van der Waals surface area contributed by atoms with Gasteiger partial charge in [0.2, 0.25) is 0 Å². The fourth-order valence-corrected chi connectivity index (χ4v) is 5.44. The van der Waals surface area contributed by atoms with E-state index in [-0.39, 0.29) is 5.91 Å². The Morgan fingerprint density at radius 3 is 2.76 bits per heavy atom. The molecule has 2 aliphatic rings. The lowest BCUT2D eigenvalue weighted by Gasteiger charge is -2.35. The van der Waals surface area contributed by atoms with Crippen molar-refractivity contribution in [1.29, 1.82) is 0 Å². The number of nitrogens with zero attached hydrogens (tertiary/aromatic N) is 6. The molecule has 1 aliphatic carbocycles. The van der Waals surface area contributed by atoms with E-state index in [1.807, 2.05) is 37.2 Å². The number of anilines is 1. The molecule has 0 bridgehead atoms. The molecule has 1 atom stereocenters. The van der Waals surface area contributed by atoms with Crippen LogP contribution in [0.3, 0.4) is 0 Å². The number of benzene rings is 1. The summed E-state index contributed by atoms with van der Waals surface area (Å²) in [5, 5.41) is 6.53. The highest BCUT2D eigenvalue weighted by Gasteiger charge is 2.28. The Morgan fingerprint density at radius 2 is 1.94 bits per heavy atom. The Balaban J connectivity index is 1.25. The molecular formula is C25H29N7O. The fourth-order valence-electron chi connectivity index (χ4n) is 5.44. The minimum absolute atomic E-state index is 0.109. The predicted octanol–water partition coefficient (Wildman–Crippen LogP) is 3.24. The molecule has 1 aromatic carbocycles. The van der Waals surface area contributed by atoms with E-state index in [1.54, 1.807) is 4.68 Å². The van der Waals surface area contributed by atoms with E-state index in [0.717, 1.165) is 59.7 Å². The van der Waals surface area contributed by atoms with E-state index >= 15 is 0 Å². The molecule has 1 aliphatic heterocycles. The normalized spacial score (nSPS) is 18.8. The average molecular weight is 444 g/mol. The van der Waals surface area contributed by atoms with Gasteiger partial charge >= 0.3 is 0 Å². The van der Waals surface area contributed by atoms with Crippen LogP contribution in [-0.2, 0) is 19.9 Å². The summed E-state index contributed by atoms with van der Waals surface area (Å²) in [7, 11) is 1.90. The van der Waals surface area contributed by atoms with Crippen LogP contribution in [0.15, 0.2) is 24.4 Å². The maximum Gasteiger partial charge on any atom is 0.256 e. The predicted molar refractivity (Wildman–Crippen MR) is 129 cm³/mol. The van der Waals surface area contributed by atoms with Gasteiger partial charge in [0, 0.05) is 44.3 Å². The zero-order valence-electron chi connectivity index (χ0n) is 19.4. The van der Waals surface area contributed by atoms with Gasteiger partial charge < -0.3 is 14.8 Å². The number of aryl methyl sites for hydroxylation is 3. The highest BCUT2D eigenvalue weighted by atomic mass is 16.2. The number of carbonyl (C=O) groups excluding carboxylic acids is 1. The van der Waals surface area contributed by atoms with Crippen LogP contribution < -0.4 is 4.90 Å². The third-order valence-electron chi connectivity index (χ3n) is 7.25. The van der Waals surface area contributed by atoms with Crippen LogP contribution in [0.1, 0.15) is 40.8 Å². The fraction of sp³-hybridized carbons (Fsp3) is 0.440. The number of carbonyl (C=O) groups is 1. The van der Waals surface area contributed by atoms with Crippen LogP contribution in [-0.4, -0.2) is 61.7 Å². The Morgan fingerprint density at radius 1 is 1.12 bits per heavy atom. The van der Waals surface area contributed by atoms with Crippen LogP contribution in [0.4, 0.5) is 5.82 Å². The number of para-hydroxylation sites is 1. The molecule has 8 nitrogen and oxygen atoms in total. The van der Waals surface area contributed by atoms with E-state index in [1.165, 1.54) is 23.1 Å². The van der Waals surface area contributed by atoms with Gasteiger partial charge in [-0.2, -0.15) is 5.10 Å². The van der Waals surface area contributed by atoms with Crippen molar-refractivity contribution >= 4 is 33.7 Å². The summed E-state index contributed by atoms with van der Waals surface area (Å²) in [5.74, 6) is 2.44. The lowest BCUT2D eigenvalue weighted by Crippen LogP contribution is -2.49. The first-order valence-electron chi connectivity index (χ1n) is 11.8. The Hall–Kier alpha value is -3.42. The van der Waals surface area contributed by atoms with Crippen molar-refractivity contribution in [3.8, 4) is 0 Å². The van der Waals surface area contributed by atoms with E-state index < -0.39 is 0 Å². The Bertz CT molecular complexity index is 1380. The van der Waals surface area contributed by atoms with E-state index in [2.05, 4.69) is 33.0 Å². The minimum Gasteiger partial charge on any atom is -0.358 e. The highest BCUT2D eigenvalue weighted by molar-refractivity contribution is 6.07. The topological polar surface area (TPSA) is 82.9 Å². The third kappa shape index (κ3) is 3.27. The van der Waals surface area contributed by atoms with Gasteiger partial charge in [-0.25, -0.2) is 9.97 Å². The molecule has 1 fully saturated rings. The molecule has 0 spiro atoms. The number of aromatic amines is 1. The molecule has 6 rings (SSSR count). The van der Waals surface area contributed by atoms with Gasteiger partial charge in [0.25, 0.3) is 5.91 Å². The summed E-state index contributed by atoms with van der Waals surface area (Å²) >= 11 is 0. The first-order valence-corrected chi connectivity index (χ1v) is 11.8. The summed E-state index contributed by atoms with van der Waals surface area (Å²) in [6, 6.07) is 6.16. The smallest absolute Gasteiger partial charge is 0.256 e. The van der Waals surface area contributed by atoms with Gasteiger partial charge in [0.1, 0.15) is 11.6 Å². The molecule has 4 aromatic rings. The quantitative estimate of drug-likeness (QED) is 0.514. The van der Waals surface area contributed by atoms with Crippen molar-refractivity contribution in [1.82, 2.24) is 29.6 Å². The summed E-state index contributed by atoms with van der Waals surface area (Å²) in [6.07, 6.45) is 5.19. The van der Waals surface area contributed by atoms with Crippen molar-refractivity contribution in [3.63, 3.8) is 0 Å². The minimum atomic E-state index is 0.109. The Labute approximate surface area is 192 Å². The highest BCUT2D eigenvalue weighted by Crippen LogP contribution is 2.33. The van der Waals surface area contributed by atoms with Gasteiger partial charge in [-0.3, -0.25) is 9.48 Å². The molecule has 4 heterocycles. The number of piperazine rings is 1. The second-order valence-corrected chi connectivity index (χ2v) is 9.54. The number of nitrogens with one attached hydrogen (secondary N) is 1. The number of amides is 1. The number of H-pyrrole nitrogens is 1. The molecule has 33 heavy (non-hydrogen) atoms. The van der Waals surface area contributed by atoms with Crippen molar-refractivity contribution in [2.75, 3.05) is 31.1 Å². The number of rotatable bonds is 2. The standard InChI is InChI=1S/C25H29N7O/c1-15-7-8-21-19(13-15)17-5-4-6-18(22(17)29-21)25(33)32-11-9-31(10-12-32)24-20-14-26-30(3)23(20)27-16(2)28-24/h4-6,14-15,29H,7-13H2,1-3H3. The molecule has 8 heteroatoms. The number of hydrogen-bond donors (Lipinski definition) is 1. The van der Waals surface area contributed by atoms with E-state index in [4.69, 9.17) is 4.98 Å². The first kappa shape index (κ1) is 20.2. The molecule has 1 unspecified atom stereocenters. The summed E-state index contributed by atoms with van der Waals surface area (Å²) < 4.78 is 1.78. The lowest BCUT2D eigenvalue weighted by molar-refractivity contribution is 0.0748. The molecular weight excluding hydrogens is 414 g/mol. The largest absolute Gasteiger partial charge is 0.358 e. The van der Waals surface area contributed by atoms with Gasteiger partial charge in [-0.05, 0) is 43.7 Å². The maximum absolute atomic E-state index is 13.6. The molecule has 1 amide bonds. The van der Waals surface area contributed by atoms with Crippen molar-refractivity contribution in [2.45, 2.75) is 33.1 Å². The second kappa shape index (κ2) is 7.57. The first-order chi connectivity index (χ1) is 16.0. The van der Waals surface area contributed by atoms with E-state index in [9.17, 15) is 4.79 Å². The van der Waals surface area contributed by atoms with Crippen LogP contribution in [0, 0.1) is 12.8 Å². The number of fused-ring (bicyclic) bond motifs is 4. The summed E-state index contributed by atoms with van der Waals surface area (Å²) in [6.45, 7) is 7.03.